The first-order valence-corrected chi connectivity index (χ1v) is 8.43. The Morgan fingerprint density at radius 2 is 1.96 bits per heavy atom. The van der Waals surface area contributed by atoms with Crippen molar-refractivity contribution in [3.8, 4) is 0 Å². The maximum absolute atomic E-state index is 11.8. The summed E-state index contributed by atoms with van der Waals surface area (Å²) >= 11 is 1.54. The second-order valence-corrected chi connectivity index (χ2v) is 6.13. The minimum Gasteiger partial charge on any atom is -0.480 e. The molecule has 3 rings (SSSR count). The summed E-state index contributed by atoms with van der Waals surface area (Å²) in [5.41, 5.74) is 2.33. The van der Waals surface area contributed by atoms with Crippen molar-refractivity contribution in [1.82, 2.24) is 24.8 Å². The highest BCUT2D eigenvalue weighted by Gasteiger charge is 2.13. The molecule has 25 heavy (non-hydrogen) atoms. The number of imidazole rings is 1. The number of hydrogen-bond donors (Lipinski definition) is 2. The summed E-state index contributed by atoms with van der Waals surface area (Å²) < 4.78 is 1.57. The van der Waals surface area contributed by atoms with E-state index in [-0.39, 0.29) is 6.54 Å². The molecule has 0 spiro atoms. The van der Waals surface area contributed by atoms with Gasteiger partial charge in [-0.1, -0.05) is 42.1 Å². The minimum absolute atomic E-state index is 0.0520. The van der Waals surface area contributed by atoms with Crippen LogP contribution in [0.15, 0.2) is 48.0 Å². The van der Waals surface area contributed by atoms with Gasteiger partial charge in [0.25, 0.3) is 0 Å². The quantitative estimate of drug-likeness (QED) is 0.485. The molecular formula is C16H15N5O3S. The smallest absolute Gasteiger partial charge is 0.322 e. The number of carboxylic acids is 1. The molecule has 2 heterocycles. The summed E-state index contributed by atoms with van der Waals surface area (Å²) in [6.07, 6.45) is 2.94. The Morgan fingerprint density at radius 3 is 2.72 bits per heavy atom. The number of carbonyl (C=O) groups is 2. The molecule has 0 bridgehead atoms. The predicted octanol–water partition coefficient (Wildman–Crippen LogP) is 1.32. The monoisotopic (exact) mass is 357 g/mol. The van der Waals surface area contributed by atoms with Crippen molar-refractivity contribution < 1.29 is 14.7 Å². The van der Waals surface area contributed by atoms with Crippen molar-refractivity contribution in [1.29, 1.82) is 0 Å². The lowest BCUT2D eigenvalue weighted by molar-refractivity contribution is -0.138. The van der Waals surface area contributed by atoms with Crippen LogP contribution in [0.25, 0.3) is 11.2 Å². The summed E-state index contributed by atoms with van der Waals surface area (Å²) in [7, 11) is 0. The minimum atomic E-state index is -1.09. The van der Waals surface area contributed by atoms with E-state index in [9.17, 15) is 9.59 Å². The molecule has 0 saturated carbocycles. The standard InChI is InChI=1S/C16H15N5O3S/c22-12(17-6-13(23)24)7-21-10-20-14-15(21)18-9-19-16(14)25-8-11-4-2-1-3-5-11/h1-5,9-10H,6-8H2,(H,17,22)(H,23,24). The first-order valence-electron chi connectivity index (χ1n) is 7.44. The number of benzene rings is 1. The Morgan fingerprint density at radius 1 is 1.16 bits per heavy atom. The van der Waals surface area contributed by atoms with Crippen molar-refractivity contribution >= 4 is 34.8 Å². The molecule has 9 heteroatoms. The largest absolute Gasteiger partial charge is 0.480 e. The Balaban J connectivity index is 1.73. The van der Waals surface area contributed by atoms with Gasteiger partial charge in [-0.05, 0) is 5.56 Å². The molecular weight excluding hydrogens is 342 g/mol. The maximum atomic E-state index is 11.8. The topological polar surface area (TPSA) is 110 Å². The number of rotatable bonds is 7. The molecule has 0 fully saturated rings. The van der Waals surface area contributed by atoms with E-state index in [1.165, 1.54) is 18.2 Å². The Kier molecular flexibility index (Phi) is 5.24. The van der Waals surface area contributed by atoms with Crippen molar-refractivity contribution in [2.75, 3.05) is 6.54 Å². The number of fused-ring (bicyclic) bond motifs is 1. The average Bonchev–Trinajstić information content (AvgIpc) is 3.02. The molecule has 3 aromatic rings. The number of aromatic nitrogens is 4. The molecule has 128 valence electrons. The molecule has 0 saturated heterocycles. The van der Waals surface area contributed by atoms with Gasteiger partial charge in [-0.2, -0.15) is 0 Å². The highest BCUT2D eigenvalue weighted by molar-refractivity contribution is 7.98. The lowest BCUT2D eigenvalue weighted by Crippen LogP contribution is -2.32. The number of nitrogens with zero attached hydrogens (tertiary/aromatic N) is 4. The molecule has 2 aromatic heterocycles. The zero-order valence-electron chi connectivity index (χ0n) is 13.1. The van der Waals surface area contributed by atoms with E-state index in [0.29, 0.717) is 11.2 Å². The summed E-state index contributed by atoms with van der Waals surface area (Å²) in [6, 6.07) is 10.0. The fourth-order valence-electron chi connectivity index (χ4n) is 2.19. The number of amides is 1. The fourth-order valence-corrected chi connectivity index (χ4v) is 3.09. The second kappa shape index (κ2) is 7.75. The molecule has 1 aromatic carbocycles. The van der Waals surface area contributed by atoms with Gasteiger partial charge in [0.2, 0.25) is 5.91 Å². The average molecular weight is 357 g/mol. The Hall–Kier alpha value is -2.94. The summed E-state index contributed by atoms with van der Waals surface area (Å²) in [6.45, 7) is -0.470. The number of nitrogens with one attached hydrogen (secondary N) is 1. The molecule has 0 unspecified atom stereocenters. The summed E-state index contributed by atoms with van der Waals surface area (Å²) in [4.78, 5) is 35.0. The summed E-state index contributed by atoms with van der Waals surface area (Å²) in [5, 5.41) is 11.6. The summed E-state index contributed by atoms with van der Waals surface area (Å²) in [5.74, 6) is -0.761. The SMILES string of the molecule is O=C(O)CNC(=O)Cn1cnc2c(SCc3ccccc3)ncnc21. The molecule has 2 N–H and O–H groups in total. The van der Waals surface area contributed by atoms with Crippen LogP contribution in [0.4, 0.5) is 0 Å². The van der Waals surface area contributed by atoms with E-state index in [2.05, 4.69) is 20.3 Å². The molecule has 0 radical (unpaired) electrons. The van der Waals surface area contributed by atoms with Crippen LogP contribution in [0.2, 0.25) is 0 Å². The maximum Gasteiger partial charge on any atom is 0.322 e. The highest BCUT2D eigenvalue weighted by Crippen LogP contribution is 2.26. The van der Waals surface area contributed by atoms with Gasteiger partial charge in [-0.3, -0.25) is 9.59 Å². The van der Waals surface area contributed by atoms with Crippen LogP contribution in [0, 0.1) is 0 Å². The van der Waals surface area contributed by atoms with E-state index >= 15 is 0 Å². The van der Waals surface area contributed by atoms with E-state index in [4.69, 9.17) is 5.11 Å². The molecule has 0 aliphatic carbocycles. The van der Waals surface area contributed by atoms with Crippen molar-refractivity contribution in [3.63, 3.8) is 0 Å². The fraction of sp³-hybridized carbons (Fsp3) is 0.188. The van der Waals surface area contributed by atoms with Crippen molar-refractivity contribution in [3.05, 3.63) is 48.5 Å². The number of aliphatic carboxylic acids is 1. The van der Waals surface area contributed by atoms with E-state index in [1.54, 1.807) is 16.3 Å². The molecule has 0 aliphatic rings. The number of carbonyl (C=O) groups excluding carboxylic acids is 1. The van der Waals surface area contributed by atoms with Gasteiger partial charge >= 0.3 is 5.97 Å². The Bertz CT molecular complexity index is 897. The number of thioether (sulfide) groups is 1. The number of carboxylic acid groups (broad SMARTS) is 1. The van der Waals surface area contributed by atoms with E-state index in [0.717, 1.165) is 10.8 Å². The third-order valence-electron chi connectivity index (χ3n) is 3.34. The zero-order valence-corrected chi connectivity index (χ0v) is 13.9. The lowest BCUT2D eigenvalue weighted by atomic mass is 10.2. The van der Waals surface area contributed by atoms with Crippen LogP contribution in [0.1, 0.15) is 5.56 Å². The first kappa shape index (κ1) is 16.9. The zero-order chi connectivity index (χ0) is 17.6. The molecule has 1 amide bonds. The van der Waals surface area contributed by atoms with Gasteiger partial charge in [-0.25, -0.2) is 15.0 Å². The third kappa shape index (κ3) is 4.32. The number of hydrogen-bond acceptors (Lipinski definition) is 6. The van der Waals surface area contributed by atoms with E-state index < -0.39 is 18.4 Å². The molecule has 0 atom stereocenters. The van der Waals surface area contributed by atoms with Crippen LogP contribution in [-0.4, -0.2) is 43.0 Å². The van der Waals surface area contributed by atoms with Crippen LogP contribution in [-0.2, 0) is 21.9 Å². The van der Waals surface area contributed by atoms with Crippen LogP contribution >= 0.6 is 11.8 Å². The van der Waals surface area contributed by atoms with Gasteiger partial charge in [0.1, 0.15) is 30.0 Å². The predicted molar refractivity (Wildman–Crippen MR) is 92.0 cm³/mol. The first-order chi connectivity index (χ1) is 12.1. The molecule has 0 aliphatic heterocycles. The van der Waals surface area contributed by atoms with Gasteiger partial charge in [0.15, 0.2) is 5.65 Å². The van der Waals surface area contributed by atoms with Gasteiger partial charge in [0, 0.05) is 5.75 Å². The molecule has 8 nitrogen and oxygen atoms in total. The van der Waals surface area contributed by atoms with Gasteiger partial charge < -0.3 is 15.0 Å². The van der Waals surface area contributed by atoms with Gasteiger partial charge in [-0.15, -0.1) is 0 Å². The second-order valence-electron chi connectivity index (χ2n) is 5.17. The lowest BCUT2D eigenvalue weighted by Gasteiger charge is -2.05. The van der Waals surface area contributed by atoms with Crippen molar-refractivity contribution in [2.24, 2.45) is 0 Å². The normalized spacial score (nSPS) is 10.7. The Labute approximate surface area is 147 Å². The van der Waals surface area contributed by atoms with Crippen LogP contribution in [0.5, 0.6) is 0 Å². The van der Waals surface area contributed by atoms with Crippen molar-refractivity contribution in [2.45, 2.75) is 17.3 Å². The van der Waals surface area contributed by atoms with Crippen LogP contribution in [0.3, 0.4) is 0 Å². The van der Waals surface area contributed by atoms with Gasteiger partial charge in [0.05, 0.1) is 6.33 Å². The van der Waals surface area contributed by atoms with E-state index in [1.807, 2.05) is 30.3 Å². The highest BCUT2D eigenvalue weighted by atomic mass is 32.2. The third-order valence-corrected chi connectivity index (χ3v) is 4.39. The van der Waals surface area contributed by atoms with Crippen LogP contribution < -0.4 is 5.32 Å².